The van der Waals surface area contributed by atoms with E-state index in [4.69, 9.17) is 10.5 Å². The summed E-state index contributed by atoms with van der Waals surface area (Å²) in [4.78, 5) is 8.10. The monoisotopic (exact) mass is 402 g/mol. The van der Waals surface area contributed by atoms with Crippen LogP contribution in [0.25, 0.3) is 11.0 Å². The van der Waals surface area contributed by atoms with Crippen molar-refractivity contribution < 1.29 is 14.9 Å². The fourth-order valence-corrected chi connectivity index (χ4v) is 3.38. The maximum atomic E-state index is 10.5. The Morgan fingerprint density at radius 1 is 1.57 bits per heavy atom. The van der Waals surface area contributed by atoms with Crippen molar-refractivity contribution in [3.8, 4) is 0 Å². The van der Waals surface area contributed by atoms with E-state index in [2.05, 4.69) is 16.5 Å². The lowest BCUT2D eigenvalue weighted by Gasteiger charge is -2.25. The van der Waals surface area contributed by atoms with Crippen LogP contribution in [-0.2, 0) is 4.74 Å². The molecule has 2 aromatic heterocycles. The van der Waals surface area contributed by atoms with Crippen LogP contribution in [0.5, 0.6) is 0 Å². The van der Waals surface area contributed by atoms with Gasteiger partial charge in [-0.1, -0.05) is 6.58 Å². The Morgan fingerprint density at radius 3 is 2.90 bits per heavy atom. The van der Waals surface area contributed by atoms with Crippen LogP contribution in [0.3, 0.4) is 0 Å². The van der Waals surface area contributed by atoms with Crippen molar-refractivity contribution in [2.75, 3.05) is 5.73 Å². The number of aliphatic hydroxyl groups is 2. The number of fused-ring (bicyclic) bond motifs is 1. The Balaban J connectivity index is 2.08. The van der Waals surface area contributed by atoms with Gasteiger partial charge in [0.05, 0.1) is 5.39 Å². The van der Waals surface area contributed by atoms with Gasteiger partial charge in [-0.2, -0.15) is 0 Å². The standard InChI is InChI=1S/C13H15IN4O3/c1-6(14)9-13(2,20)8(19)12(21-9)18-4-3-7-10(15)16-5-17-11(7)18/h3-5,8-9,12,19-20H,1H2,2H3,(H2,15,16,17)/t8-,9+,12+,13-/m0/s1. The van der Waals surface area contributed by atoms with Crippen molar-refractivity contribution in [1.29, 1.82) is 0 Å². The number of anilines is 1. The smallest absolute Gasteiger partial charge is 0.165 e. The van der Waals surface area contributed by atoms with E-state index in [1.54, 1.807) is 16.8 Å². The van der Waals surface area contributed by atoms with Gasteiger partial charge in [-0.05, 0) is 35.6 Å². The molecule has 8 heteroatoms. The van der Waals surface area contributed by atoms with Crippen LogP contribution in [0.2, 0.25) is 0 Å². The molecule has 3 heterocycles. The summed E-state index contributed by atoms with van der Waals surface area (Å²) in [6, 6.07) is 1.75. The maximum absolute atomic E-state index is 10.5. The minimum absolute atomic E-state index is 0.354. The van der Waals surface area contributed by atoms with Gasteiger partial charge in [0.2, 0.25) is 0 Å². The number of nitrogens with two attached hydrogens (primary N) is 1. The second kappa shape index (κ2) is 4.90. The van der Waals surface area contributed by atoms with E-state index in [0.29, 0.717) is 20.4 Å². The first-order valence-corrected chi connectivity index (χ1v) is 7.39. The molecule has 1 saturated heterocycles. The number of ether oxygens (including phenoxy) is 1. The number of hydrogen-bond donors (Lipinski definition) is 3. The van der Waals surface area contributed by atoms with Crippen molar-refractivity contribution >= 4 is 39.4 Å². The number of aliphatic hydroxyl groups excluding tert-OH is 1. The van der Waals surface area contributed by atoms with Gasteiger partial charge >= 0.3 is 0 Å². The van der Waals surface area contributed by atoms with Gasteiger partial charge in [-0.3, -0.25) is 0 Å². The fourth-order valence-electron chi connectivity index (χ4n) is 2.60. The van der Waals surface area contributed by atoms with Gasteiger partial charge in [0.15, 0.2) is 6.23 Å². The van der Waals surface area contributed by atoms with Crippen LogP contribution in [0.15, 0.2) is 28.7 Å². The van der Waals surface area contributed by atoms with Gasteiger partial charge in [0, 0.05) is 9.78 Å². The van der Waals surface area contributed by atoms with Gasteiger partial charge in [0.1, 0.15) is 35.6 Å². The van der Waals surface area contributed by atoms with Crippen LogP contribution in [0, 0.1) is 0 Å². The second-order valence-corrected chi connectivity index (χ2v) is 6.63. The summed E-state index contributed by atoms with van der Waals surface area (Å²) >= 11 is 1.99. The summed E-state index contributed by atoms with van der Waals surface area (Å²) < 4.78 is 8.06. The number of halogens is 1. The van der Waals surface area contributed by atoms with Crippen molar-refractivity contribution in [2.45, 2.75) is 31.0 Å². The minimum Gasteiger partial charge on any atom is -0.385 e. The van der Waals surface area contributed by atoms with Gasteiger partial charge in [-0.25, -0.2) is 9.97 Å². The van der Waals surface area contributed by atoms with Crippen molar-refractivity contribution in [3.63, 3.8) is 0 Å². The molecular formula is C13H15IN4O3. The van der Waals surface area contributed by atoms with Gasteiger partial charge in [-0.15, -0.1) is 0 Å². The van der Waals surface area contributed by atoms with E-state index < -0.39 is 24.0 Å². The number of hydrogen-bond acceptors (Lipinski definition) is 6. The molecule has 0 bridgehead atoms. The number of aromatic nitrogens is 3. The molecular weight excluding hydrogens is 387 g/mol. The lowest BCUT2D eigenvalue weighted by molar-refractivity contribution is -0.0535. The summed E-state index contributed by atoms with van der Waals surface area (Å²) in [5.74, 6) is 0.354. The molecule has 0 radical (unpaired) electrons. The molecule has 1 aliphatic rings. The van der Waals surface area contributed by atoms with Crippen LogP contribution < -0.4 is 5.73 Å². The summed E-state index contributed by atoms with van der Waals surface area (Å²) in [6.07, 6.45) is 0.485. The molecule has 1 aliphatic heterocycles. The van der Waals surface area contributed by atoms with Crippen LogP contribution >= 0.6 is 22.6 Å². The third-order valence-corrected chi connectivity index (χ3v) is 4.34. The summed E-state index contributed by atoms with van der Waals surface area (Å²) in [6.45, 7) is 5.32. The van der Waals surface area contributed by atoms with E-state index >= 15 is 0 Å². The Kier molecular flexibility index (Phi) is 3.43. The molecule has 0 aromatic carbocycles. The first kappa shape index (κ1) is 14.7. The zero-order valence-electron chi connectivity index (χ0n) is 11.3. The summed E-state index contributed by atoms with van der Waals surface area (Å²) in [5, 5.41) is 21.6. The van der Waals surface area contributed by atoms with Crippen LogP contribution in [0.4, 0.5) is 5.82 Å². The molecule has 0 amide bonds. The molecule has 4 atom stereocenters. The van der Waals surface area contributed by atoms with E-state index in [0.717, 1.165) is 0 Å². The highest BCUT2D eigenvalue weighted by molar-refractivity contribution is 14.1. The third kappa shape index (κ3) is 2.13. The molecule has 0 aliphatic carbocycles. The molecule has 21 heavy (non-hydrogen) atoms. The van der Waals surface area contributed by atoms with Crippen molar-refractivity contribution in [1.82, 2.24) is 14.5 Å². The van der Waals surface area contributed by atoms with E-state index in [1.807, 2.05) is 22.6 Å². The van der Waals surface area contributed by atoms with Crippen LogP contribution in [0.1, 0.15) is 13.2 Å². The van der Waals surface area contributed by atoms with Crippen molar-refractivity contribution in [2.24, 2.45) is 0 Å². The average Bonchev–Trinajstić information content (AvgIpc) is 2.92. The van der Waals surface area contributed by atoms with Crippen molar-refractivity contribution in [3.05, 3.63) is 28.7 Å². The second-order valence-electron chi connectivity index (χ2n) is 5.24. The van der Waals surface area contributed by atoms with Gasteiger partial charge in [0.25, 0.3) is 0 Å². The summed E-state index contributed by atoms with van der Waals surface area (Å²) in [5.41, 5.74) is 4.91. The molecule has 4 N–H and O–H groups in total. The molecule has 0 unspecified atom stereocenters. The number of rotatable bonds is 2. The van der Waals surface area contributed by atoms with E-state index in [1.165, 1.54) is 13.3 Å². The third-order valence-electron chi connectivity index (χ3n) is 3.77. The van der Waals surface area contributed by atoms with E-state index in [9.17, 15) is 10.2 Å². The fraction of sp³-hybridized carbons (Fsp3) is 0.385. The van der Waals surface area contributed by atoms with Crippen LogP contribution in [-0.4, -0.2) is 42.6 Å². The molecule has 2 aromatic rings. The van der Waals surface area contributed by atoms with Gasteiger partial charge < -0.3 is 25.3 Å². The number of nitrogens with zero attached hydrogens (tertiary/aromatic N) is 3. The zero-order valence-corrected chi connectivity index (χ0v) is 13.4. The Morgan fingerprint density at radius 2 is 2.29 bits per heavy atom. The van der Waals surface area contributed by atoms with E-state index in [-0.39, 0.29) is 0 Å². The Bertz CT molecular complexity index is 715. The average molecular weight is 402 g/mol. The predicted octanol–water partition coefficient (Wildman–Crippen LogP) is 0.971. The highest BCUT2D eigenvalue weighted by Crippen LogP contribution is 2.42. The number of nitrogen functional groups attached to an aromatic ring is 1. The molecule has 0 saturated carbocycles. The lowest BCUT2D eigenvalue weighted by atomic mass is 9.94. The quantitative estimate of drug-likeness (QED) is 0.647. The maximum Gasteiger partial charge on any atom is 0.165 e. The highest BCUT2D eigenvalue weighted by atomic mass is 127. The summed E-state index contributed by atoms with van der Waals surface area (Å²) in [7, 11) is 0. The normalized spacial score (nSPS) is 32.7. The zero-order chi connectivity index (χ0) is 15.4. The molecule has 0 spiro atoms. The molecule has 112 valence electrons. The molecule has 7 nitrogen and oxygen atoms in total. The molecule has 1 fully saturated rings. The largest absolute Gasteiger partial charge is 0.385 e. The lowest BCUT2D eigenvalue weighted by Crippen LogP contribution is -2.44. The Hall–Kier alpha value is -1.23. The highest BCUT2D eigenvalue weighted by Gasteiger charge is 2.53. The predicted molar refractivity (Wildman–Crippen MR) is 85.6 cm³/mol. The Labute approximate surface area is 134 Å². The first-order valence-electron chi connectivity index (χ1n) is 6.31. The first-order chi connectivity index (χ1) is 9.84. The molecule has 3 rings (SSSR count). The SMILES string of the molecule is C=C(I)[C@H]1O[C@@H](n2ccc3c(N)ncnc32)[C@H](O)[C@]1(C)O. The topological polar surface area (TPSA) is 106 Å². The minimum atomic E-state index is -1.43.